The van der Waals surface area contributed by atoms with Crippen LogP contribution in [0.25, 0.3) is 10.9 Å². The molecule has 1 unspecified atom stereocenters. The molecule has 1 aromatic carbocycles. The van der Waals surface area contributed by atoms with E-state index in [1.54, 1.807) is 0 Å². The summed E-state index contributed by atoms with van der Waals surface area (Å²) in [6.07, 6.45) is 4.31. The zero-order valence-electron chi connectivity index (χ0n) is 13.3. The van der Waals surface area contributed by atoms with Gasteiger partial charge in [-0.3, -0.25) is 4.79 Å². The maximum atomic E-state index is 12.4. The first-order chi connectivity index (χ1) is 11.3. The molecule has 1 aliphatic rings. The maximum Gasteiger partial charge on any atom is 0.222 e. The number of aliphatic hydroxyl groups excluding tert-OH is 1. The van der Waals surface area contributed by atoms with Gasteiger partial charge in [-0.05, 0) is 24.5 Å². The molecule has 1 aliphatic heterocycles. The average Bonchev–Trinajstić information content (AvgIpc) is 2.83. The maximum absolute atomic E-state index is 12.4. The number of hydrogen-bond donors (Lipinski definition) is 2. The second-order valence-corrected chi connectivity index (χ2v) is 6.18. The molecule has 0 saturated carbocycles. The lowest BCUT2D eigenvalue weighted by atomic mass is 10.1. The van der Waals surface area contributed by atoms with Crippen LogP contribution >= 0.6 is 0 Å². The van der Waals surface area contributed by atoms with E-state index in [4.69, 9.17) is 4.74 Å². The first kappa shape index (κ1) is 16.0. The Morgan fingerprint density at radius 3 is 3.13 bits per heavy atom. The molecule has 1 saturated heterocycles. The van der Waals surface area contributed by atoms with E-state index in [-0.39, 0.29) is 18.4 Å². The van der Waals surface area contributed by atoms with Gasteiger partial charge in [-0.1, -0.05) is 18.2 Å². The van der Waals surface area contributed by atoms with Crippen molar-refractivity contribution in [1.29, 1.82) is 0 Å². The van der Waals surface area contributed by atoms with E-state index in [1.807, 2.05) is 23.2 Å². The number of amides is 1. The van der Waals surface area contributed by atoms with Crippen LogP contribution < -0.4 is 0 Å². The summed E-state index contributed by atoms with van der Waals surface area (Å²) in [6, 6.07) is 8.24. The number of H-pyrrole nitrogens is 1. The number of aryl methyl sites for hydroxylation is 1. The Balaban J connectivity index is 1.52. The van der Waals surface area contributed by atoms with Gasteiger partial charge in [-0.25, -0.2) is 0 Å². The molecule has 1 fully saturated rings. The Bertz CT molecular complexity index is 653. The van der Waals surface area contributed by atoms with E-state index in [1.165, 1.54) is 10.9 Å². The SMILES string of the molecule is O=C(CCCc1c[nH]c2ccccc12)N1CCOCC(CO)C1. The molecular formula is C18H24N2O3. The number of carbonyl (C=O) groups is 1. The fourth-order valence-corrected chi connectivity index (χ4v) is 3.14. The number of benzene rings is 1. The summed E-state index contributed by atoms with van der Waals surface area (Å²) in [4.78, 5) is 17.5. The quantitative estimate of drug-likeness (QED) is 0.886. The van der Waals surface area contributed by atoms with Crippen LogP contribution in [0.15, 0.2) is 30.5 Å². The summed E-state index contributed by atoms with van der Waals surface area (Å²) in [5.74, 6) is 0.198. The summed E-state index contributed by atoms with van der Waals surface area (Å²) < 4.78 is 5.43. The van der Waals surface area contributed by atoms with Crippen molar-refractivity contribution in [1.82, 2.24) is 9.88 Å². The molecule has 1 amide bonds. The van der Waals surface area contributed by atoms with E-state index in [0.29, 0.717) is 32.7 Å². The summed E-state index contributed by atoms with van der Waals surface area (Å²) in [5, 5.41) is 10.5. The molecule has 1 atom stereocenters. The highest BCUT2D eigenvalue weighted by Crippen LogP contribution is 2.19. The van der Waals surface area contributed by atoms with Crippen molar-refractivity contribution in [2.24, 2.45) is 5.92 Å². The van der Waals surface area contributed by atoms with Crippen molar-refractivity contribution in [3.63, 3.8) is 0 Å². The molecular weight excluding hydrogens is 292 g/mol. The minimum absolute atomic E-state index is 0.0371. The monoisotopic (exact) mass is 316 g/mol. The summed E-state index contributed by atoms with van der Waals surface area (Å²) in [5.41, 5.74) is 2.41. The lowest BCUT2D eigenvalue weighted by Crippen LogP contribution is -2.36. The van der Waals surface area contributed by atoms with Crippen molar-refractivity contribution in [3.8, 4) is 0 Å². The third kappa shape index (κ3) is 3.92. The van der Waals surface area contributed by atoms with Gasteiger partial charge in [0.25, 0.3) is 0 Å². The molecule has 2 aromatic rings. The Hall–Kier alpha value is -1.85. The second-order valence-electron chi connectivity index (χ2n) is 6.18. The van der Waals surface area contributed by atoms with Gasteiger partial charge in [0, 0.05) is 49.1 Å². The number of aromatic amines is 1. The topological polar surface area (TPSA) is 65.6 Å². The van der Waals surface area contributed by atoms with Crippen molar-refractivity contribution in [3.05, 3.63) is 36.0 Å². The highest BCUT2D eigenvalue weighted by atomic mass is 16.5. The van der Waals surface area contributed by atoms with Gasteiger partial charge in [-0.15, -0.1) is 0 Å². The number of para-hydroxylation sites is 1. The van der Waals surface area contributed by atoms with Crippen LogP contribution in [0, 0.1) is 5.92 Å². The van der Waals surface area contributed by atoms with Crippen LogP contribution in [0.3, 0.4) is 0 Å². The zero-order chi connectivity index (χ0) is 16.1. The molecule has 0 spiro atoms. The molecule has 0 radical (unpaired) electrons. The molecule has 5 heteroatoms. The predicted octanol–water partition coefficient (Wildman–Crippen LogP) is 1.96. The van der Waals surface area contributed by atoms with Gasteiger partial charge in [-0.2, -0.15) is 0 Å². The first-order valence-electron chi connectivity index (χ1n) is 8.29. The summed E-state index contributed by atoms with van der Waals surface area (Å²) >= 11 is 0. The van der Waals surface area contributed by atoms with Crippen LogP contribution in [-0.2, 0) is 16.0 Å². The van der Waals surface area contributed by atoms with Crippen LogP contribution in [0.4, 0.5) is 0 Å². The molecule has 0 aliphatic carbocycles. The molecule has 5 nitrogen and oxygen atoms in total. The van der Waals surface area contributed by atoms with Crippen LogP contribution in [0.1, 0.15) is 18.4 Å². The Morgan fingerprint density at radius 1 is 1.39 bits per heavy atom. The minimum atomic E-state index is 0.0371. The van der Waals surface area contributed by atoms with Crippen molar-refractivity contribution in [2.75, 3.05) is 32.9 Å². The molecule has 1 aromatic heterocycles. The molecule has 2 heterocycles. The average molecular weight is 316 g/mol. The Labute approximate surface area is 136 Å². The van der Waals surface area contributed by atoms with Crippen molar-refractivity contribution in [2.45, 2.75) is 19.3 Å². The van der Waals surface area contributed by atoms with E-state index >= 15 is 0 Å². The predicted molar refractivity (Wildman–Crippen MR) is 89.2 cm³/mol. The highest BCUT2D eigenvalue weighted by Gasteiger charge is 2.21. The van der Waals surface area contributed by atoms with E-state index in [0.717, 1.165) is 18.4 Å². The van der Waals surface area contributed by atoms with Gasteiger partial charge in [0.05, 0.1) is 13.2 Å². The normalized spacial score (nSPS) is 19.0. The molecule has 23 heavy (non-hydrogen) atoms. The third-order valence-electron chi connectivity index (χ3n) is 4.46. The number of nitrogens with one attached hydrogen (secondary N) is 1. The fraction of sp³-hybridized carbons (Fsp3) is 0.500. The summed E-state index contributed by atoms with van der Waals surface area (Å²) in [7, 11) is 0. The smallest absolute Gasteiger partial charge is 0.222 e. The van der Waals surface area contributed by atoms with Gasteiger partial charge in [0.15, 0.2) is 0 Å². The van der Waals surface area contributed by atoms with Crippen molar-refractivity contribution < 1.29 is 14.6 Å². The number of ether oxygens (including phenoxy) is 1. The Kier molecular flexibility index (Phi) is 5.31. The number of rotatable bonds is 5. The number of carbonyl (C=O) groups excluding carboxylic acids is 1. The van der Waals surface area contributed by atoms with Gasteiger partial charge in [0.1, 0.15) is 0 Å². The van der Waals surface area contributed by atoms with E-state index < -0.39 is 0 Å². The van der Waals surface area contributed by atoms with E-state index in [9.17, 15) is 9.90 Å². The van der Waals surface area contributed by atoms with Crippen LogP contribution in [0.2, 0.25) is 0 Å². The highest BCUT2D eigenvalue weighted by molar-refractivity contribution is 5.83. The van der Waals surface area contributed by atoms with E-state index in [2.05, 4.69) is 17.1 Å². The van der Waals surface area contributed by atoms with Crippen LogP contribution in [0.5, 0.6) is 0 Å². The number of nitrogens with zero attached hydrogens (tertiary/aromatic N) is 1. The lowest BCUT2D eigenvalue weighted by molar-refractivity contribution is -0.131. The van der Waals surface area contributed by atoms with Crippen LogP contribution in [-0.4, -0.2) is 53.8 Å². The molecule has 124 valence electrons. The lowest BCUT2D eigenvalue weighted by Gasteiger charge is -2.22. The number of fused-ring (bicyclic) bond motifs is 1. The number of hydrogen-bond acceptors (Lipinski definition) is 3. The first-order valence-corrected chi connectivity index (χ1v) is 8.29. The van der Waals surface area contributed by atoms with Crippen molar-refractivity contribution >= 4 is 16.8 Å². The third-order valence-corrected chi connectivity index (χ3v) is 4.46. The largest absolute Gasteiger partial charge is 0.396 e. The minimum Gasteiger partial charge on any atom is -0.396 e. The zero-order valence-corrected chi connectivity index (χ0v) is 13.3. The molecule has 3 rings (SSSR count). The second kappa shape index (κ2) is 7.62. The Morgan fingerprint density at radius 2 is 2.26 bits per heavy atom. The number of aliphatic hydroxyl groups is 1. The fourth-order valence-electron chi connectivity index (χ4n) is 3.14. The van der Waals surface area contributed by atoms with Gasteiger partial charge < -0.3 is 19.7 Å². The number of aromatic nitrogens is 1. The van der Waals surface area contributed by atoms with Gasteiger partial charge in [0.2, 0.25) is 5.91 Å². The molecule has 0 bridgehead atoms. The standard InChI is InChI=1S/C18H24N2O3/c21-12-14-11-20(8-9-23-13-14)18(22)7-3-4-15-10-19-17-6-2-1-5-16(15)17/h1-2,5-6,10,14,19,21H,3-4,7-9,11-13H2. The van der Waals surface area contributed by atoms with Gasteiger partial charge >= 0.3 is 0 Å². The molecule has 2 N–H and O–H groups in total. The summed E-state index contributed by atoms with van der Waals surface area (Å²) in [6.45, 7) is 2.39.